The van der Waals surface area contributed by atoms with Crippen molar-refractivity contribution in [1.82, 2.24) is 0 Å². The molecule has 0 unspecified atom stereocenters. The Morgan fingerprint density at radius 3 is 2.58 bits per heavy atom. The standard InChI is InChI=1S/C25H20FNO4/c1-16-5-3-6-17(13-16)15-30-23-19(7-4-8-22(23)29-2)14-21-25(28)31-24(27-21)18-9-11-20(26)12-10-18/h3-14H,15H2,1-2H3/b21-14-. The number of para-hydroxylation sites is 1. The van der Waals surface area contributed by atoms with Crippen molar-refractivity contribution in [3.63, 3.8) is 0 Å². The smallest absolute Gasteiger partial charge is 0.363 e. The Kier molecular flexibility index (Phi) is 5.80. The van der Waals surface area contributed by atoms with Gasteiger partial charge in [0.05, 0.1) is 7.11 Å². The highest BCUT2D eigenvalue weighted by Crippen LogP contribution is 2.34. The van der Waals surface area contributed by atoms with Crippen LogP contribution in [-0.4, -0.2) is 19.0 Å². The number of nitrogens with zero attached hydrogens (tertiary/aromatic N) is 1. The molecule has 5 nitrogen and oxygen atoms in total. The molecule has 0 saturated carbocycles. The predicted octanol–water partition coefficient (Wildman–Crippen LogP) is 5.07. The molecule has 156 valence electrons. The maximum absolute atomic E-state index is 13.2. The first-order valence-electron chi connectivity index (χ1n) is 9.67. The van der Waals surface area contributed by atoms with Crippen molar-refractivity contribution in [1.29, 1.82) is 0 Å². The number of ether oxygens (including phenoxy) is 3. The molecule has 0 N–H and O–H groups in total. The molecule has 0 aromatic heterocycles. The molecular formula is C25H20FNO4. The van der Waals surface area contributed by atoms with Crippen molar-refractivity contribution < 1.29 is 23.4 Å². The topological polar surface area (TPSA) is 57.1 Å². The Morgan fingerprint density at radius 2 is 1.84 bits per heavy atom. The summed E-state index contributed by atoms with van der Waals surface area (Å²) in [5.41, 5.74) is 3.41. The molecule has 31 heavy (non-hydrogen) atoms. The number of carbonyl (C=O) groups is 1. The fraction of sp³-hybridized carbons (Fsp3) is 0.120. The molecule has 0 spiro atoms. The van der Waals surface area contributed by atoms with Crippen LogP contribution in [0.5, 0.6) is 11.5 Å². The maximum atomic E-state index is 13.2. The van der Waals surface area contributed by atoms with Crippen molar-refractivity contribution in [2.24, 2.45) is 4.99 Å². The number of hydrogen-bond donors (Lipinski definition) is 0. The van der Waals surface area contributed by atoms with Crippen LogP contribution >= 0.6 is 0 Å². The first-order chi connectivity index (χ1) is 15.0. The van der Waals surface area contributed by atoms with Gasteiger partial charge in [0.15, 0.2) is 17.2 Å². The number of halogens is 1. The predicted molar refractivity (Wildman–Crippen MR) is 116 cm³/mol. The van der Waals surface area contributed by atoms with Gasteiger partial charge in [-0.3, -0.25) is 0 Å². The van der Waals surface area contributed by atoms with E-state index in [-0.39, 0.29) is 17.4 Å². The molecule has 1 heterocycles. The zero-order valence-corrected chi connectivity index (χ0v) is 17.1. The molecule has 0 radical (unpaired) electrons. The zero-order chi connectivity index (χ0) is 21.8. The fourth-order valence-corrected chi connectivity index (χ4v) is 3.19. The van der Waals surface area contributed by atoms with Crippen LogP contribution in [0.1, 0.15) is 22.3 Å². The molecule has 1 aliphatic heterocycles. The lowest BCUT2D eigenvalue weighted by molar-refractivity contribution is -0.129. The van der Waals surface area contributed by atoms with Gasteiger partial charge in [0.2, 0.25) is 5.90 Å². The van der Waals surface area contributed by atoms with Crippen molar-refractivity contribution in [3.8, 4) is 11.5 Å². The van der Waals surface area contributed by atoms with Crippen molar-refractivity contribution in [3.05, 3.63) is 100 Å². The minimum absolute atomic E-state index is 0.119. The number of cyclic esters (lactones) is 1. The van der Waals surface area contributed by atoms with Gasteiger partial charge in [-0.1, -0.05) is 42.0 Å². The second-order valence-corrected chi connectivity index (χ2v) is 7.00. The van der Waals surface area contributed by atoms with Gasteiger partial charge in [0.1, 0.15) is 12.4 Å². The van der Waals surface area contributed by atoms with Crippen molar-refractivity contribution in [2.75, 3.05) is 7.11 Å². The Hall–Kier alpha value is -3.93. The van der Waals surface area contributed by atoms with Gasteiger partial charge >= 0.3 is 5.97 Å². The van der Waals surface area contributed by atoms with Crippen LogP contribution in [-0.2, 0) is 16.1 Å². The van der Waals surface area contributed by atoms with Gasteiger partial charge in [-0.05, 0) is 48.9 Å². The number of benzene rings is 3. The summed E-state index contributed by atoms with van der Waals surface area (Å²) in [6.45, 7) is 2.36. The molecule has 4 rings (SSSR count). The van der Waals surface area contributed by atoms with E-state index in [1.54, 1.807) is 31.4 Å². The van der Waals surface area contributed by atoms with Gasteiger partial charge < -0.3 is 14.2 Å². The number of rotatable bonds is 6. The maximum Gasteiger partial charge on any atom is 0.363 e. The molecule has 0 aliphatic carbocycles. The molecule has 0 amide bonds. The summed E-state index contributed by atoms with van der Waals surface area (Å²) >= 11 is 0. The van der Waals surface area contributed by atoms with Crippen LogP contribution in [0.3, 0.4) is 0 Å². The molecule has 0 atom stereocenters. The first kappa shape index (κ1) is 20.3. The number of esters is 1. The number of methoxy groups -OCH3 is 1. The monoisotopic (exact) mass is 417 g/mol. The average molecular weight is 417 g/mol. The molecule has 6 heteroatoms. The molecule has 0 saturated heterocycles. The summed E-state index contributed by atoms with van der Waals surface area (Å²) in [4.78, 5) is 16.6. The molecule has 3 aromatic rings. The van der Waals surface area contributed by atoms with Crippen LogP contribution in [0.15, 0.2) is 77.4 Å². The molecule has 0 fully saturated rings. The van der Waals surface area contributed by atoms with Gasteiger partial charge in [-0.25, -0.2) is 14.2 Å². The van der Waals surface area contributed by atoms with E-state index < -0.39 is 5.97 Å². The lowest BCUT2D eigenvalue weighted by Gasteiger charge is -2.14. The van der Waals surface area contributed by atoms with Crippen LogP contribution in [0.2, 0.25) is 0 Å². The number of carbonyl (C=O) groups excluding carboxylic acids is 1. The van der Waals surface area contributed by atoms with Gasteiger partial charge in [0, 0.05) is 11.1 Å². The summed E-state index contributed by atoms with van der Waals surface area (Å²) in [6.07, 6.45) is 1.59. The van der Waals surface area contributed by atoms with E-state index in [1.807, 2.05) is 31.2 Å². The Labute approximate surface area is 179 Å². The highest BCUT2D eigenvalue weighted by molar-refractivity contribution is 6.13. The zero-order valence-electron chi connectivity index (χ0n) is 17.1. The van der Waals surface area contributed by atoms with Crippen LogP contribution in [0.25, 0.3) is 6.08 Å². The quantitative estimate of drug-likeness (QED) is 0.415. The third kappa shape index (κ3) is 4.64. The summed E-state index contributed by atoms with van der Waals surface area (Å²) in [5.74, 6) is 0.192. The van der Waals surface area contributed by atoms with E-state index in [4.69, 9.17) is 14.2 Å². The second-order valence-electron chi connectivity index (χ2n) is 7.00. The van der Waals surface area contributed by atoms with Crippen molar-refractivity contribution >= 4 is 17.9 Å². The highest BCUT2D eigenvalue weighted by Gasteiger charge is 2.25. The second kappa shape index (κ2) is 8.83. The molecule has 0 bridgehead atoms. The third-order valence-corrected chi connectivity index (χ3v) is 4.70. The summed E-state index contributed by atoms with van der Waals surface area (Å²) in [5, 5.41) is 0. The first-order valence-corrected chi connectivity index (χ1v) is 9.67. The number of aliphatic imine (C=N–C) groups is 1. The SMILES string of the molecule is COc1cccc(/C=C2\N=C(c3ccc(F)cc3)OC2=O)c1OCc1cccc(C)c1. The summed E-state index contributed by atoms with van der Waals surface area (Å²) in [6, 6.07) is 19.0. The van der Waals surface area contributed by atoms with Crippen molar-refractivity contribution in [2.45, 2.75) is 13.5 Å². The lowest BCUT2D eigenvalue weighted by Crippen LogP contribution is -2.05. The van der Waals surface area contributed by atoms with E-state index in [2.05, 4.69) is 4.99 Å². The normalized spacial score (nSPS) is 14.4. The van der Waals surface area contributed by atoms with Gasteiger partial charge in [-0.15, -0.1) is 0 Å². The Bertz CT molecular complexity index is 1180. The van der Waals surface area contributed by atoms with E-state index in [0.717, 1.165) is 11.1 Å². The average Bonchev–Trinajstić information content (AvgIpc) is 3.13. The van der Waals surface area contributed by atoms with Crippen LogP contribution in [0, 0.1) is 12.7 Å². The van der Waals surface area contributed by atoms with Crippen LogP contribution < -0.4 is 9.47 Å². The third-order valence-electron chi connectivity index (χ3n) is 4.70. The summed E-state index contributed by atoms with van der Waals surface area (Å²) in [7, 11) is 1.56. The molecular weight excluding hydrogens is 397 g/mol. The largest absolute Gasteiger partial charge is 0.493 e. The van der Waals surface area contributed by atoms with Gasteiger partial charge in [-0.2, -0.15) is 0 Å². The van der Waals surface area contributed by atoms with E-state index in [1.165, 1.54) is 24.3 Å². The summed E-state index contributed by atoms with van der Waals surface area (Å²) < 4.78 is 29.9. The van der Waals surface area contributed by atoms with Gasteiger partial charge in [0.25, 0.3) is 0 Å². The minimum Gasteiger partial charge on any atom is -0.493 e. The fourth-order valence-electron chi connectivity index (χ4n) is 3.19. The minimum atomic E-state index is -0.591. The molecule has 3 aromatic carbocycles. The van der Waals surface area contributed by atoms with Crippen LogP contribution in [0.4, 0.5) is 4.39 Å². The van der Waals surface area contributed by atoms with E-state index in [0.29, 0.717) is 29.2 Å². The van der Waals surface area contributed by atoms with E-state index >= 15 is 0 Å². The Morgan fingerprint density at radius 1 is 1.06 bits per heavy atom. The van der Waals surface area contributed by atoms with E-state index in [9.17, 15) is 9.18 Å². The highest BCUT2D eigenvalue weighted by atomic mass is 19.1. The molecule has 1 aliphatic rings. The number of hydrogen-bond acceptors (Lipinski definition) is 5. The lowest BCUT2D eigenvalue weighted by atomic mass is 10.1. The Balaban J connectivity index is 1.65. The number of aryl methyl sites for hydroxylation is 1.